The maximum absolute atomic E-state index is 13.0. The van der Waals surface area contributed by atoms with Gasteiger partial charge in [0, 0.05) is 17.3 Å². The number of nitrogens with zero attached hydrogens (tertiary/aromatic N) is 2. The summed E-state index contributed by atoms with van der Waals surface area (Å²) in [5.74, 6) is -0.237. The van der Waals surface area contributed by atoms with Crippen LogP contribution in [0.3, 0.4) is 0 Å². The Balaban J connectivity index is 1.52. The number of hydrogen-bond donors (Lipinski definition) is 1. The minimum absolute atomic E-state index is 0.260. The standard InChI is InChI=1S/C22H23N3O4/c1-3-4-11-28-22(27)15-7-9-16(10-8-15)23-20(26)17-12-18(14-5-6-14)24-21-19(17)13(2)25-29-21/h7-10,12,14H,3-6,11H2,1-2H3,(H,23,26). The lowest BCUT2D eigenvalue weighted by Gasteiger charge is -2.09. The van der Waals surface area contributed by atoms with Gasteiger partial charge in [0.1, 0.15) is 0 Å². The summed E-state index contributed by atoms with van der Waals surface area (Å²) in [7, 11) is 0. The lowest BCUT2D eigenvalue weighted by atomic mass is 10.1. The highest BCUT2D eigenvalue weighted by atomic mass is 16.5. The molecular weight excluding hydrogens is 370 g/mol. The Labute approximate surface area is 168 Å². The number of carbonyl (C=O) groups excluding carboxylic acids is 2. The summed E-state index contributed by atoms with van der Waals surface area (Å²) in [5.41, 5.74) is 3.43. The number of carbonyl (C=O) groups is 2. The number of amides is 1. The number of hydrogen-bond acceptors (Lipinski definition) is 6. The third-order valence-corrected chi connectivity index (χ3v) is 4.99. The van der Waals surface area contributed by atoms with Gasteiger partial charge >= 0.3 is 5.97 Å². The molecule has 2 heterocycles. The number of unbranched alkanes of at least 4 members (excludes halogenated alkanes) is 1. The zero-order valence-corrected chi connectivity index (χ0v) is 16.5. The van der Waals surface area contributed by atoms with Gasteiger partial charge in [-0.25, -0.2) is 9.78 Å². The average Bonchev–Trinajstić information content (AvgIpc) is 3.51. The zero-order chi connectivity index (χ0) is 20.4. The number of anilines is 1. The van der Waals surface area contributed by atoms with Crippen LogP contribution in [0.2, 0.25) is 0 Å². The van der Waals surface area contributed by atoms with Crippen molar-refractivity contribution in [2.75, 3.05) is 11.9 Å². The summed E-state index contributed by atoms with van der Waals surface area (Å²) in [5, 5.41) is 7.47. The normalized spacial score (nSPS) is 13.4. The number of esters is 1. The van der Waals surface area contributed by atoms with Crippen LogP contribution in [0.5, 0.6) is 0 Å². The second kappa shape index (κ2) is 8.03. The molecule has 7 heteroatoms. The van der Waals surface area contributed by atoms with Crippen LogP contribution in [0, 0.1) is 6.92 Å². The first-order valence-corrected chi connectivity index (χ1v) is 9.92. The smallest absolute Gasteiger partial charge is 0.338 e. The van der Waals surface area contributed by atoms with Gasteiger partial charge in [-0.15, -0.1) is 0 Å². The fraction of sp³-hybridized carbons (Fsp3) is 0.364. The monoisotopic (exact) mass is 393 g/mol. The lowest BCUT2D eigenvalue weighted by Crippen LogP contribution is -2.14. The van der Waals surface area contributed by atoms with Crippen molar-refractivity contribution < 1.29 is 18.8 Å². The Morgan fingerprint density at radius 2 is 2.00 bits per heavy atom. The van der Waals surface area contributed by atoms with Crippen molar-refractivity contribution >= 4 is 28.7 Å². The largest absolute Gasteiger partial charge is 0.462 e. The van der Waals surface area contributed by atoms with Crippen molar-refractivity contribution in [2.24, 2.45) is 0 Å². The Hall–Kier alpha value is -3.22. The van der Waals surface area contributed by atoms with Crippen LogP contribution >= 0.6 is 0 Å². The highest BCUT2D eigenvalue weighted by Gasteiger charge is 2.28. The van der Waals surface area contributed by atoms with Gasteiger partial charge in [0.2, 0.25) is 0 Å². The zero-order valence-electron chi connectivity index (χ0n) is 16.5. The molecule has 150 valence electrons. The van der Waals surface area contributed by atoms with Gasteiger partial charge in [-0.2, -0.15) is 0 Å². The number of aromatic nitrogens is 2. The van der Waals surface area contributed by atoms with Crippen LogP contribution in [0.15, 0.2) is 34.9 Å². The highest BCUT2D eigenvalue weighted by molar-refractivity contribution is 6.12. The highest BCUT2D eigenvalue weighted by Crippen LogP contribution is 2.40. The van der Waals surface area contributed by atoms with E-state index in [9.17, 15) is 9.59 Å². The number of rotatable bonds is 7. The summed E-state index contributed by atoms with van der Waals surface area (Å²) >= 11 is 0. The quantitative estimate of drug-likeness (QED) is 0.465. The molecular formula is C22H23N3O4. The first-order chi connectivity index (χ1) is 14.1. The summed E-state index contributed by atoms with van der Waals surface area (Å²) < 4.78 is 10.5. The van der Waals surface area contributed by atoms with E-state index in [1.165, 1.54) is 0 Å². The molecule has 1 aliphatic rings. The molecule has 1 aliphatic carbocycles. The fourth-order valence-electron chi connectivity index (χ4n) is 3.16. The fourth-order valence-corrected chi connectivity index (χ4v) is 3.16. The maximum Gasteiger partial charge on any atom is 0.338 e. The third kappa shape index (κ3) is 4.13. The van der Waals surface area contributed by atoms with Crippen molar-refractivity contribution in [2.45, 2.75) is 45.4 Å². The minimum atomic E-state index is -0.360. The summed E-state index contributed by atoms with van der Waals surface area (Å²) in [6, 6.07) is 8.50. The molecule has 7 nitrogen and oxygen atoms in total. The molecule has 0 spiro atoms. The molecule has 3 aromatic rings. The van der Waals surface area contributed by atoms with Crippen molar-refractivity contribution in [1.29, 1.82) is 0 Å². The van der Waals surface area contributed by atoms with Crippen molar-refractivity contribution in [1.82, 2.24) is 10.1 Å². The predicted octanol–water partition coefficient (Wildman–Crippen LogP) is 4.62. The molecule has 0 bridgehead atoms. The van der Waals surface area contributed by atoms with E-state index in [1.807, 2.05) is 13.0 Å². The first kappa shape index (κ1) is 19.1. The Morgan fingerprint density at radius 1 is 1.24 bits per heavy atom. The van der Waals surface area contributed by atoms with E-state index in [0.29, 0.717) is 46.1 Å². The summed E-state index contributed by atoms with van der Waals surface area (Å²) in [4.78, 5) is 29.5. The predicted molar refractivity (Wildman–Crippen MR) is 108 cm³/mol. The summed E-state index contributed by atoms with van der Waals surface area (Å²) in [6.07, 6.45) is 3.95. The van der Waals surface area contributed by atoms with Crippen LogP contribution < -0.4 is 5.32 Å². The van der Waals surface area contributed by atoms with Crippen LogP contribution in [0.1, 0.15) is 70.6 Å². The van der Waals surface area contributed by atoms with E-state index in [4.69, 9.17) is 9.26 Å². The van der Waals surface area contributed by atoms with E-state index in [0.717, 1.165) is 31.4 Å². The van der Waals surface area contributed by atoms with Gasteiger partial charge in [-0.05, 0) is 56.5 Å². The molecule has 1 fully saturated rings. The molecule has 0 atom stereocenters. The average molecular weight is 393 g/mol. The number of nitrogens with one attached hydrogen (secondary N) is 1. The van der Waals surface area contributed by atoms with Gasteiger partial charge in [0.05, 0.1) is 28.8 Å². The van der Waals surface area contributed by atoms with Gasteiger partial charge < -0.3 is 14.6 Å². The number of pyridine rings is 1. The van der Waals surface area contributed by atoms with Gasteiger partial charge in [0.25, 0.3) is 11.6 Å². The van der Waals surface area contributed by atoms with E-state index >= 15 is 0 Å². The number of aryl methyl sites for hydroxylation is 1. The molecule has 0 radical (unpaired) electrons. The molecule has 1 saturated carbocycles. The van der Waals surface area contributed by atoms with Crippen LogP contribution in [-0.4, -0.2) is 28.6 Å². The minimum Gasteiger partial charge on any atom is -0.462 e. The van der Waals surface area contributed by atoms with Crippen LogP contribution in [0.25, 0.3) is 11.1 Å². The Bertz CT molecular complexity index is 1050. The molecule has 1 N–H and O–H groups in total. The Kier molecular flexibility index (Phi) is 5.29. The molecule has 1 amide bonds. The molecule has 4 rings (SSSR count). The number of benzene rings is 1. The topological polar surface area (TPSA) is 94.3 Å². The van der Waals surface area contributed by atoms with E-state index in [2.05, 4.69) is 15.5 Å². The molecule has 1 aromatic carbocycles. The SMILES string of the molecule is CCCCOC(=O)c1ccc(NC(=O)c2cc(C3CC3)nc3onc(C)c23)cc1. The molecule has 2 aromatic heterocycles. The van der Waals surface area contributed by atoms with Crippen LogP contribution in [-0.2, 0) is 4.74 Å². The van der Waals surface area contributed by atoms with E-state index in [-0.39, 0.29) is 11.9 Å². The lowest BCUT2D eigenvalue weighted by molar-refractivity contribution is 0.0499. The van der Waals surface area contributed by atoms with E-state index in [1.54, 1.807) is 31.2 Å². The number of ether oxygens (including phenoxy) is 1. The second-order valence-electron chi connectivity index (χ2n) is 7.34. The van der Waals surface area contributed by atoms with Gasteiger partial charge in [0.15, 0.2) is 0 Å². The Morgan fingerprint density at radius 3 is 2.69 bits per heavy atom. The van der Waals surface area contributed by atoms with Crippen LogP contribution in [0.4, 0.5) is 5.69 Å². The first-order valence-electron chi connectivity index (χ1n) is 9.92. The van der Waals surface area contributed by atoms with Crippen molar-refractivity contribution in [3.8, 4) is 0 Å². The number of fused-ring (bicyclic) bond motifs is 1. The second-order valence-corrected chi connectivity index (χ2v) is 7.34. The van der Waals surface area contributed by atoms with Gasteiger partial charge in [-0.1, -0.05) is 18.5 Å². The van der Waals surface area contributed by atoms with Crippen molar-refractivity contribution in [3.05, 3.63) is 52.8 Å². The molecule has 0 saturated heterocycles. The third-order valence-electron chi connectivity index (χ3n) is 4.99. The van der Waals surface area contributed by atoms with Gasteiger partial charge in [-0.3, -0.25) is 4.79 Å². The van der Waals surface area contributed by atoms with Crippen molar-refractivity contribution in [3.63, 3.8) is 0 Å². The summed E-state index contributed by atoms with van der Waals surface area (Å²) in [6.45, 7) is 4.24. The molecule has 0 aliphatic heterocycles. The maximum atomic E-state index is 13.0. The molecule has 29 heavy (non-hydrogen) atoms. The van der Waals surface area contributed by atoms with E-state index < -0.39 is 0 Å². The molecule has 0 unspecified atom stereocenters.